The van der Waals surface area contributed by atoms with Crippen molar-refractivity contribution in [1.82, 2.24) is 5.16 Å². The topological polar surface area (TPSA) is 64.1 Å². The lowest BCUT2D eigenvalue weighted by Crippen LogP contribution is -2.12. The summed E-state index contributed by atoms with van der Waals surface area (Å²) in [6.07, 6.45) is 0. The van der Waals surface area contributed by atoms with Gasteiger partial charge >= 0.3 is 0 Å². The van der Waals surface area contributed by atoms with E-state index in [4.69, 9.17) is 10.3 Å². The van der Waals surface area contributed by atoms with Gasteiger partial charge in [-0.3, -0.25) is 0 Å². The van der Waals surface area contributed by atoms with Crippen molar-refractivity contribution in [1.29, 1.82) is 0 Å². The standard InChI is InChI=1S/C11H13N3O/c12-6-7-13-11-8-10(14-15-11)9-4-2-1-3-5-9/h1-5,8,13H,6-7,12H2. The lowest BCUT2D eigenvalue weighted by Gasteiger charge is -1.95. The van der Waals surface area contributed by atoms with Crippen LogP contribution in [0.4, 0.5) is 5.88 Å². The molecule has 0 fully saturated rings. The van der Waals surface area contributed by atoms with E-state index in [1.807, 2.05) is 36.4 Å². The van der Waals surface area contributed by atoms with Crippen LogP contribution in [0.25, 0.3) is 11.3 Å². The molecule has 4 heteroatoms. The van der Waals surface area contributed by atoms with Crippen molar-refractivity contribution in [2.24, 2.45) is 5.73 Å². The van der Waals surface area contributed by atoms with Crippen molar-refractivity contribution < 1.29 is 4.52 Å². The third kappa shape index (κ3) is 2.35. The van der Waals surface area contributed by atoms with Gasteiger partial charge in [0.05, 0.1) is 0 Å². The Morgan fingerprint density at radius 1 is 1.27 bits per heavy atom. The van der Waals surface area contributed by atoms with Crippen LogP contribution >= 0.6 is 0 Å². The number of nitrogens with two attached hydrogens (primary N) is 1. The molecule has 1 aromatic carbocycles. The summed E-state index contributed by atoms with van der Waals surface area (Å²) in [5.74, 6) is 0.652. The van der Waals surface area contributed by atoms with Gasteiger partial charge in [0, 0.05) is 24.7 Å². The summed E-state index contributed by atoms with van der Waals surface area (Å²) < 4.78 is 5.10. The molecule has 0 spiro atoms. The summed E-state index contributed by atoms with van der Waals surface area (Å²) in [5, 5.41) is 6.99. The zero-order valence-corrected chi connectivity index (χ0v) is 8.31. The van der Waals surface area contributed by atoms with Crippen LogP contribution in [0.15, 0.2) is 40.9 Å². The molecule has 0 aliphatic heterocycles. The predicted octanol–water partition coefficient (Wildman–Crippen LogP) is 1.71. The zero-order chi connectivity index (χ0) is 10.5. The number of rotatable bonds is 4. The summed E-state index contributed by atoms with van der Waals surface area (Å²) in [4.78, 5) is 0. The van der Waals surface area contributed by atoms with Gasteiger partial charge in [0.1, 0.15) is 5.69 Å². The number of aromatic nitrogens is 1. The molecule has 2 aromatic rings. The van der Waals surface area contributed by atoms with Crippen LogP contribution in [-0.2, 0) is 0 Å². The Hall–Kier alpha value is -1.81. The Morgan fingerprint density at radius 2 is 2.07 bits per heavy atom. The highest BCUT2D eigenvalue weighted by molar-refractivity contribution is 5.61. The highest BCUT2D eigenvalue weighted by Gasteiger charge is 2.04. The fraction of sp³-hybridized carbons (Fsp3) is 0.182. The first-order valence-electron chi connectivity index (χ1n) is 4.86. The van der Waals surface area contributed by atoms with Crippen LogP contribution in [0.2, 0.25) is 0 Å². The molecule has 0 saturated carbocycles. The van der Waals surface area contributed by atoms with Gasteiger partial charge in [0.2, 0.25) is 5.88 Å². The minimum atomic E-state index is 0.571. The van der Waals surface area contributed by atoms with Gasteiger partial charge in [-0.15, -0.1) is 0 Å². The predicted molar refractivity (Wildman–Crippen MR) is 59.5 cm³/mol. The summed E-state index contributed by atoms with van der Waals surface area (Å²) in [5.41, 5.74) is 7.24. The Labute approximate surface area is 88.1 Å². The normalized spacial score (nSPS) is 10.2. The van der Waals surface area contributed by atoms with Gasteiger partial charge in [-0.2, -0.15) is 0 Å². The van der Waals surface area contributed by atoms with Crippen LogP contribution in [0.1, 0.15) is 0 Å². The zero-order valence-electron chi connectivity index (χ0n) is 8.31. The molecule has 1 aromatic heterocycles. The van der Waals surface area contributed by atoms with E-state index in [-0.39, 0.29) is 0 Å². The molecule has 1 heterocycles. The van der Waals surface area contributed by atoms with Crippen LogP contribution in [0.5, 0.6) is 0 Å². The SMILES string of the molecule is NCCNc1cc(-c2ccccc2)no1. The first kappa shape index (κ1) is 9.73. The average Bonchev–Trinajstić information content (AvgIpc) is 2.76. The molecular formula is C11H13N3O. The van der Waals surface area contributed by atoms with Crippen molar-refractivity contribution in [2.75, 3.05) is 18.4 Å². The van der Waals surface area contributed by atoms with Gasteiger partial charge in [-0.1, -0.05) is 35.5 Å². The van der Waals surface area contributed by atoms with Crippen LogP contribution in [0.3, 0.4) is 0 Å². The molecule has 3 N–H and O–H groups in total. The number of hydrogen-bond acceptors (Lipinski definition) is 4. The molecule has 0 amide bonds. The minimum absolute atomic E-state index is 0.571. The quantitative estimate of drug-likeness (QED) is 0.794. The van der Waals surface area contributed by atoms with E-state index < -0.39 is 0 Å². The summed E-state index contributed by atoms with van der Waals surface area (Å²) >= 11 is 0. The van der Waals surface area contributed by atoms with Crippen molar-refractivity contribution in [3.8, 4) is 11.3 Å². The van der Waals surface area contributed by atoms with Crippen LogP contribution < -0.4 is 11.1 Å². The minimum Gasteiger partial charge on any atom is -0.353 e. The van der Waals surface area contributed by atoms with Gasteiger partial charge in [-0.25, -0.2) is 0 Å². The molecule has 15 heavy (non-hydrogen) atoms. The molecule has 0 unspecified atom stereocenters. The number of anilines is 1. The maximum Gasteiger partial charge on any atom is 0.225 e. The van der Waals surface area contributed by atoms with Crippen molar-refractivity contribution >= 4 is 5.88 Å². The molecular weight excluding hydrogens is 190 g/mol. The Balaban J connectivity index is 2.14. The largest absolute Gasteiger partial charge is 0.353 e. The molecule has 78 valence electrons. The second-order valence-corrected chi connectivity index (χ2v) is 3.16. The fourth-order valence-electron chi connectivity index (χ4n) is 1.30. The van der Waals surface area contributed by atoms with Crippen LogP contribution in [-0.4, -0.2) is 18.2 Å². The van der Waals surface area contributed by atoms with Crippen molar-refractivity contribution in [3.63, 3.8) is 0 Å². The maximum atomic E-state index is 5.37. The lowest BCUT2D eigenvalue weighted by atomic mass is 10.2. The molecule has 0 atom stereocenters. The van der Waals surface area contributed by atoms with E-state index in [2.05, 4.69) is 10.5 Å². The van der Waals surface area contributed by atoms with Gasteiger partial charge in [-0.05, 0) is 0 Å². The summed E-state index contributed by atoms with van der Waals surface area (Å²) in [6.45, 7) is 1.25. The van der Waals surface area contributed by atoms with E-state index in [1.54, 1.807) is 0 Å². The highest BCUT2D eigenvalue weighted by Crippen LogP contribution is 2.20. The maximum absolute atomic E-state index is 5.37. The first-order valence-corrected chi connectivity index (χ1v) is 4.86. The molecule has 2 rings (SSSR count). The number of nitrogens with one attached hydrogen (secondary N) is 1. The van der Waals surface area contributed by atoms with Gasteiger partial charge in [0.25, 0.3) is 0 Å². The van der Waals surface area contributed by atoms with E-state index in [0.717, 1.165) is 11.3 Å². The molecule has 4 nitrogen and oxygen atoms in total. The summed E-state index contributed by atoms with van der Waals surface area (Å²) in [7, 11) is 0. The average molecular weight is 203 g/mol. The molecule has 0 aliphatic carbocycles. The Bertz CT molecular complexity index is 411. The van der Waals surface area contributed by atoms with E-state index in [1.165, 1.54) is 0 Å². The third-order valence-corrected chi connectivity index (χ3v) is 2.02. The summed E-state index contributed by atoms with van der Waals surface area (Å²) in [6, 6.07) is 11.8. The first-order chi connectivity index (χ1) is 7.40. The van der Waals surface area contributed by atoms with Crippen molar-refractivity contribution in [3.05, 3.63) is 36.4 Å². The lowest BCUT2D eigenvalue weighted by molar-refractivity contribution is 0.435. The number of hydrogen-bond donors (Lipinski definition) is 2. The van der Waals surface area contributed by atoms with Crippen molar-refractivity contribution in [2.45, 2.75) is 0 Å². The molecule has 0 saturated heterocycles. The second-order valence-electron chi connectivity index (χ2n) is 3.16. The van der Waals surface area contributed by atoms with E-state index in [0.29, 0.717) is 19.0 Å². The fourth-order valence-corrected chi connectivity index (χ4v) is 1.30. The number of nitrogens with zero attached hydrogens (tertiary/aromatic N) is 1. The molecule has 0 bridgehead atoms. The molecule has 0 aliphatic rings. The molecule has 0 radical (unpaired) electrons. The Morgan fingerprint density at radius 3 is 2.80 bits per heavy atom. The monoisotopic (exact) mass is 203 g/mol. The second kappa shape index (κ2) is 4.61. The third-order valence-electron chi connectivity index (χ3n) is 2.02. The van der Waals surface area contributed by atoms with Gasteiger partial charge < -0.3 is 15.6 Å². The smallest absolute Gasteiger partial charge is 0.225 e. The number of benzene rings is 1. The Kier molecular flexibility index (Phi) is 2.99. The van der Waals surface area contributed by atoms with E-state index >= 15 is 0 Å². The van der Waals surface area contributed by atoms with Crippen LogP contribution in [0, 0.1) is 0 Å². The van der Waals surface area contributed by atoms with E-state index in [9.17, 15) is 0 Å². The highest BCUT2D eigenvalue weighted by atomic mass is 16.5. The van der Waals surface area contributed by atoms with Gasteiger partial charge in [0.15, 0.2) is 0 Å².